The van der Waals surface area contributed by atoms with E-state index in [-0.39, 0.29) is 18.0 Å². The highest BCUT2D eigenvalue weighted by Gasteiger charge is 2.23. The zero-order chi connectivity index (χ0) is 18.7. The van der Waals surface area contributed by atoms with E-state index in [1.807, 2.05) is 28.4 Å². The van der Waals surface area contributed by atoms with E-state index in [9.17, 15) is 9.59 Å². The minimum Gasteiger partial charge on any atom is -0.350 e. The number of hydrogen-bond acceptors (Lipinski definition) is 4. The number of amides is 3. The van der Waals surface area contributed by atoms with Crippen LogP contribution in [0.2, 0.25) is 0 Å². The average Bonchev–Trinajstić information content (AvgIpc) is 3.27. The Balaban J connectivity index is 1.52. The number of hydrogen-bond donors (Lipinski definition) is 1. The van der Waals surface area contributed by atoms with Crippen molar-refractivity contribution in [1.29, 1.82) is 0 Å². The summed E-state index contributed by atoms with van der Waals surface area (Å²) in [6.45, 7) is 4.21. The van der Waals surface area contributed by atoms with E-state index in [0.29, 0.717) is 32.6 Å². The van der Waals surface area contributed by atoms with Crippen molar-refractivity contribution in [2.75, 3.05) is 20.6 Å². The lowest BCUT2D eigenvalue weighted by Gasteiger charge is -2.29. The van der Waals surface area contributed by atoms with Gasteiger partial charge in [-0.25, -0.2) is 9.78 Å². The van der Waals surface area contributed by atoms with Crippen LogP contribution in [-0.2, 0) is 24.4 Å². The minimum absolute atomic E-state index is 0.000733. The fourth-order valence-corrected chi connectivity index (χ4v) is 3.02. The molecule has 3 amide bonds. The molecule has 3 rings (SSSR count). The van der Waals surface area contributed by atoms with Gasteiger partial charge in [0.25, 0.3) is 0 Å². The first kappa shape index (κ1) is 18.0. The Kier molecular flexibility index (Phi) is 5.24. The Morgan fingerprint density at radius 2 is 2.15 bits per heavy atom. The highest BCUT2D eigenvalue weighted by Crippen LogP contribution is 2.15. The molecule has 0 unspecified atom stereocenters. The molecule has 0 aliphatic carbocycles. The second-order valence-electron chi connectivity index (χ2n) is 6.79. The van der Waals surface area contributed by atoms with Crippen molar-refractivity contribution in [3.63, 3.8) is 0 Å². The normalized spacial score (nSPS) is 14.7. The largest absolute Gasteiger partial charge is 0.350 e. The van der Waals surface area contributed by atoms with Crippen LogP contribution >= 0.6 is 0 Å². The van der Waals surface area contributed by atoms with Gasteiger partial charge in [-0.05, 0) is 13.0 Å². The van der Waals surface area contributed by atoms with Crippen LogP contribution in [0.25, 0.3) is 0 Å². The molecule has 140 valence electrons. The molecule has 0 aromatic carbocycles. The first-order valence-electron chi connectivity index (χ1n) is 8.70. The zero-order valence-electron chi connectivity index (χ0n) is 15.4. The Labute approximate surface area is 152 Å². The van der Waals surface area contributed by atoms with Crippen LogP contribution in [0, 0.1) is 0 Å². The van der Waals surface area contributed by atoms with E-state index < -0.39 is 0 Å². The summed E-state index contributed by atoms with van der Waals surface area (Å²) in [4.78, 5) is 31.6. The van der Waals surface area contributed by atoms with E-state index in [2.05, 4.69) is 15.4 Å². The van der Waals surface area contributed by atoms with Gasteiger partial charge in [0.05, 0.1) is 37.3 Å². The number of carbonyl (C=O) groups excluding carboxylic acids is 2. The van der Waals surface area contributed by atoms with Crippen molar-refractivity contribution in [2.24, 2.45) is 0 Å². The Morgan fingerprint density at radius 1 is 1.35 bits per heavy atom. The molecule has 9 nitrogen and oxygen atoms in total. The lowest BCUT2D eigenvalue weighted by Crippen LogP contribution is -2.43. The van der Waals surface area contributed by atoms with Crippen molar-refractivity contribution < 1.29 is 9.59 Å². The maximum Gasteiger partial charge on any atom is 0.319 e. The molecule has 3 heterocycles. The van der Waals surface area contributed by atoms with Crippen LogP contribution in [0.5, 0.6) is 0 Å². The fraction of sp³-hybridized carbons (Fsp3) is 0.529. The highest BCUT2D eigenvalue weighted by atomic mass is 16.2. The molecule has 0 bridgehead atoms. The minimum atomic E-state index is -0.0263. The Hall–Kier alpha value is -2.84. The maximum absolute atomic E-state index is 12.1. The summed E-state index contributed by atoms with van der Waals surface area (Å²) in [6.07, 6.45) is 5.65. The SMILES string of the molecule is C[C@@H](CC(=O)NCc1cc2n(n1)CCN(C(=O)N(C)C)C2)n1ccnc1. The molecule has 1 N–H and O–H groups in total. The highest BCUT2D eigenvalue weighted by molar-refractivity contribution is 5.76. The molecule has 0 radical (unpaired) electrons. The van der Waals surface area contributed by atoms with Crippen LogP contribution in [0.1, 0.15) is 30.8 Å². The smallest absolute Gasteiger partial charge is 0.319 e. The molecule has 0 fully saturated rings. The van der Waals surface area contributed by atoms with E-state index in [0.717, 1.165) is 11.4 Å². The third-order valence-corrected chi connectivity index (χ3v) is 4.48. The van der Waals surface area contributed by atoms with Gasteiger partial charge in [0.1, 0.15) is 0 Å². The number of rotatable bonds is 5. The quantitative estimate of drug-likeness (QED) is 0.857. The number of nitrogens with one attached hydrogen (secondary N) is 1. The Bertz CT molecular complexity index is 766. The predicted octanol–water partition coefficient (Wildman–Crippen LogP) is 0.844. The summed E-state index contributed by atoms with van der Waals surface area (Å²) in [5.74, 6) is -0.0263. The van der Waals surface area contributed by atoms with Crippen molar-refractivity contribution in [2.45, 2.75) is 39.0 Å². The van der Waals surface area contributed by atoms with Gasteiger partial charge in [0.2, 0.25) is 5.91 Å². The predicted molar refractivity (Wildman–Crippen MR) is 95.1 cm³/mol. The standard InChI is InChI=1S/C17H25N7O2/c1-13(23-5-4-18-12-23)8-16(25)19-10-14-9-15-11-22(17(26)21(2)3)6-7-24(15)20-14/h4-5,9,12-13H,6-8,10-11H2,1-3H3,(H,19,25)/t13-/m0/s1. The van der Waals surface area contributed by atoms with Crippen LogP contribution in [0.4, 0.5) is 4.79 Å². The van der Waals surface area contributed by atoms with Gasteiger partial charge in [0.15, 0.2) is 0 Å². The first-order valence-corrected chi connectivity index (χ1v) is 8.70. The molecule has 0 saturated carbocycles. The summed E-state index contributed by atoms with van der Waals surface area (Å²) in [5.41, 5.74) is 1.80. The van der Waals surface area contributed by atoms with Crippen molar-refractivity contribution in [3.8, 4) is 0 Å². The number of urea groups is 1. The van der Waals surface area contributed by atoms with E-state index in [1.165, 1.54) is 0 Å². The monoisotopic (exact) mass is 359 g/mol. The van der Waals surface area contributed by atoms with Crippen LogP contribution in [0.15, 0.2) is 24.8 Å². The average molecular weight is 359 g/mol. The number of carbonyl (C=O) groups is 2. The summed E-state index contributed by atoms with van der Waals surface area (Å²) in [5, 5.41) is 7.44. The Morgan fingerprint density at radius 3 is 2.85 bits per heavy atom. The molecule has 0 spiro atoms. The van der Waals surface area contributed by atoms with E-state index in [4.69, 9.17) is 0 Å². The van der Waals surface area contributed by atoms with E-state index in [1.54, 1.807) is 36.4 Å². The second-order valence-corrected chi connectivity index (χ2v) is 6.79. The van der Waals surface area contributed by atoms with Crippen molar-refractivity contribution in [1.82, 2.24) is 34.4 Å². The maximum atomic E-state index is 12.1. The molecular weight excluding hydrogens is 334 g/mol. The van der Waals surface area contributed by atoms with Crippen LogP contribution in [0.3, 0.4) is 0 Å². The molecule has 2 aromatic rings. The number of fused-ring (bicyclic) bond motifs is 1. The summed E-state index contributed by atoms with van der Waals surface area (Å²) in [6, 6.07) is 2.01. The van der Waals surface area contributed by atoms with Crippen LogP contribution < -0.4 is 5.32 Å². The number of aromatic nitrogens is 4. The molecule has 2 aromatic heterocycles. The van der Waals surface area contributed by atoms with Gasteiger partial charge in [-0.15, -0.1) is 0 Å². The molecule has 1 atom stereocenters. The second kappa shape index (κ2) is 7.59. The lowest BCUT2D eigenvalue weighted by atomic mass is 10.2. The summed E-state index contributed by atoms with van der Waals surface area (Å²) < 4.78 is 3.82. The fourth-order valence-electron chi connectivity index (χ4n) is 3.02. The molecule has 1 aliphatic heterocycles. The third kappa shape index (κ3) is 4.04. The van der Waals surface area contributed by atoms with Crippen molar-refractivity contribution in [3.05, 3.63) is 36.2 Å². The molecule has 26 heavy (non-hydrogen) atoms. The number of nitrogens with zero attached hydrogens (tertiary/aromatic N) is 6. The topological polar surface area (TPSA) is 88.3 Å². The van der Waals surface area contributed by atoms with Gasteiger partial charge >= 0.3 is 6.03 Å². The van der Waals surface area contributed by atoms with Gasteiger partial charge in [-0.1, -0.05) is 0 Å². The van der Waals surface area contributed by atoms with Gasteiger partial charge < -0.3 is 19.7 Å². The summed E-state index contributed by atoms with van der Waals surface area (Å²) >= 11 is 0. The van der Waals surface area contributed by atoms with Gasteiger partial charge in [-0.3, -0.25) is 9.48 Å². The van der Waals surface area contributed by atoms with E-state index >= 15 is 0 Å². The lowest BCUT2D eigenvalue weighted by molar-refractivity contribution is -0.121. The van der Waals surface area contributed by atoms with Crippen molar-refractivity contribution >= 4 is 11.9 Å². The molecule has 9 heteroatoms. The number of imidazole rings is 1. The molecule has 0 saturated heterocycles. The van der Waals surface area contributed by atoms with Gasteiger partial charge in [0, 0.05) is 45.5 Å². The van der Waals surface area contributed by atoms with Gasteiger partial charge in [-0.2, -0.15) is 5.10 Å². The molecular formula is C17H25N7O2. The zero-order valence-corrected chi connectivity index (χ0v) is 15.4. The summed E-state index contributed by atoms with van der Waals surface area (Å²) in [7, 11) is 3.50. The first-order chi connectivity index (χ1) is 12.4. The third-order valence-electron chi connectivity index (χ3n) is 4.48. The van der Waals surface area contributed by atoms with Crippen LogP contribution in [-0.4, -0.2) is 61.7 Å². The molecule has 1 aliphatic rings.